The van der Waals surface area contributed by atoms with Crippen LogP contribution in [0.2, 0.25) is 5.02 Å². The van der Waals surface area contributed by atoms with E-state index in [2.05, 4.69) is 34.8 Å². The highest BCUT2D eigenvalue weighted by molar-refractivity contribution is 6.48. The second-order valence-corrected chi connectivity index (χ2v) is 7.45. The number of nitrogens with zero attached hydrogens (tertiary/aromatic N) is 1. The molecule has 0 amide bonds. The molecule has 0 radical (unpaired) electrons. The summed E-state index contributed by atoms with van der Waals surface area (Å²) < 4.78 is 0. The molecular weight excluding hydrogens is 368 g/mol. The first kappa shape index (κ1) is 17.0. The lowest BCUT2D eigenvalue weighted by Crippen LogP contribution is -2.21. The van der Waals surface area contributed by atoms with Gasteiger partial charge in [-0.15, -0.1) is 0 Å². The summed E-state index contributed by atoms with van der Waals surface area (Å²) in [5.74, 6) is -0.118. The summed E-state index contributed by atoms with van der Waals surface area (Å²) in [4.78, 5) is 13.3. The van der Waals surface area contributed by atoms with E-state index in [0.29, 0.717) is 22.8 Å². The number of ketones is 1. The highest BCUT2D eigenvalue weighted by Gasteiger charge is 2.29. The Labute approximate surface area is 167 Å². The van der Waals surface area contributed by atoms with Crippen LogP contribution in [-0.4, -0.2) is 18.0 Å². The Morgan fingerprint density at radius 3 is 2.43 bits per heavy atom. The summed E-state index contributed by atoms with van der Waals surface area (Å²) in [6, 6.07) is 25.9. The van der Waals surface area contributed by atoms with E-state index in [9.17, 15) is 4.79 Å². The molecule has 4 aromatic carbocycles. The average Bonchev–Trinajstić information content (AvgIpc) is 3.23. The van der Waals surface area contributed by atoms with Crippen molar-refractivity contribution >= 4 is 44.6 Å². The summed E-state index contributed by atoms with van der Waals surface area (Å²) in [6.45, 7) is 0.610. The van der Waals surface area contributed by atoms with E-state index in [-0.39, 0.29) is 11.7 Å². The minimum Gasteiger partial charge on any atom is -0.309 e. The number of carbonyl (C=O) groups excluding carboxylic acids is 1. The molecule has 0 aliphatic carbocycles. The molecule has 136 valence electrons. The van der Waals surface area contributed by atoms with Gasteiger partial charge in [-0.1, -0.05) is 72.3 Å². The van der Waals surface area contributed by atoms with Crippen LogP contribution in [0.4, 0.5) is 0 Å². The summed E-state index contributed by atoms with van der Waals surface area (Å²) in [5.41, 5.74) is 5.22. The second kappa shape index (κ2) is 6.77. The van der Waals surface area contributed by atoms with Gasteiger partial charge in [0.2, 0.25) is 5.78 Å². The van der Waals surface area contributed by atoms with Crippen LogP contribution < -0.4 is 5.43 Å². The minimum absolute atomic E-state index is 0.0419. The second-order valence-electron chi connectivity index (χ2n) is 7.02. The number of fused-ring (bicyclic) bond motifs is 3. The molecule has 0 saturated carbocycles. The van der Waals surface area contributed by atoms with E-state index in [1.165, 1.54) is 5.39 Å². The fraction of sp³-hybridized carbons (Fsp3) is 0.0833. The van der Waals surface area contributed by atoms with E-state index in [4.69, 9.17) is 11.6 Å². The molecule has 1 heterocycles. The number of carbonyl (C=O) groups is 1. The third-order valence-corrected chi connectivity index (χ3v) is 5.59. The molecule has 5 rings (SSSR count). The van der Waals surface area contributed by atoms with Gasteiger partial charge in [-0.2, -0.15) is 5.10 Å². The maximum absolute atomic E-state index is 13.3. The molecule has 0 fully saturated rings. The normalized spacial score (nSPS) is 16.2. The van der Waals surface area contributed by atoms with Crippen molar-refractivity contribution in [2.24, 2.45) is 5.10 Å². The van der Waals surface area contributed by atoms with Gasteiger partial charge in [0.1, 0.15) is 5.71 Å². The molecule has 1 atom stereocenters. The van der Waals surface area contributed by atoms with Gasteiger partial charge in [0.15, 0.2) is 0 Å². The van der Waals surface area contributed by atoms with Gasteiger partial charge < -0.3 is 5.43 Å². The maximum atomic E-state index is 13.3. The maximum Gasteiger partial charge on any atom is 0.209 e. The van der Waals surface area contributed by atoms with Gasteiger partial charge in [-0.25, -0.2) is 0 Å². The van der Waals surface area contributed by atoms with Crippen molar-refractivity contribution < 1.29 is 4.79 Å². The summed E-state index contributed by atoms with van der Waals surface area (Å²) in [7, 11) is 0. The van der Waals surface area contributed by atoms with Crippen LogP contribution in [-0.2, 0) is 0 Å². The van der Waals surface area contributed by atoms with E-state index >= 15 is 0 Å². The Morgan fingerprint density at radius 1 is 0.893 bits per heavy atom. The summed E-state index contributed by atoms with van der Waals surface area (Å²) in [5, 5.41) is 9.52. The minimum atomic E-state index is -0.0759. The van der Waals surface area contributed by atoms with Gasteiger partial charge in [0.25, 0.3) is 0 Å². The highest BCUT2D eigenvalue weighted by Crippen LogP contribution is 2.28. The number of benzene rings is 4. The molecule has 0 saturated heterocycles. The number of hydrogen-bond acceptors (Lipinski definition) is 3. The predicted molar refractivity (Wildman–Crippen MR) is 115 cm³/mol. The molecule has 1 aliphatic rings. The highest BCUT2D eigenvalue weighted by atomic mass is 35.5. The van der Waals surface area contributed by atoms with Crippen LogP contribution in [0.3, 0.4) is 0 Å². The molecule has 0 bridgehead atoms. The molecule has 0 unspecified atom stereocenters. The van der Waals surface area contributed by atoms with E-state index < -0.39 is 0 Å². The lowest BCUT2D eigenvalue weighted by molar-refractivity contribution is 0.106. The van der Waals surface area contributed by atoms with Gasteiger partial charge in [-0.05, 0) is 45.3 Å². The Kier molecular flexibility index (Phi) is 4.10. The fourth-order valence-corrected chi connectivity index (χ4v) is 3.99. The van der Waals surface area contributed by atoms with Crippen molar-refractivity contribution in [1.29, 1.82) is 0 Å². The molecule has 1 aliphatic heterocycles. The molecule has 4 aromatic rings. The van der Waals surface area contributed by atoms with Crippen LogP contribution in [0.5, 0.6) is 0 Å². The third kappa shape index (κ3) is 2.85. The number of nitrogens with one attached hydrogen (secondary N) is 1. The smallest absolute Gasteiger partial charge is 0.209 e. The first-order chi connectivity index (χ1) is 13.7. The zero-order valence-electron chi connectivity index (χ0n) is 15.0. The number of rotatable bonds is 3. The zero-order valence-corrected chi connectivity index (χ0v) is 15.8. The number of hydrazone groups is 1. The predicted octanol–water partition coefficient (Wildman–Crippen LogP) is 5.57. The largest absolute Gasteiger partial charge is 0.309 e. The van der Waals surface area contributed by atoms with Crippen molar-refractivity contribution in [3.63, 3.8) is 0 Å². The lowest BCUT2D eigenvalue weighted by Gasteiger charge is -2.12. The number of halogens is 1. The Hall–Kier alpha value is -3.17. The van der Waals surface area contributed by atoms with E-state index in [1.54, 1.807) is 0 Å². The van der Waals surface area contributed by atoms with Crippen molar-refractivity contribution in [2.45, 2.75) is 5.92 Å². The lowest BCUT2D eigenvalue weighted by atomic mass is 9.89. The van der Waals surface area contributed by atoms with Crippen LogP contribution in [0.15, 0.2) is 84.0 Å². The quantitative estimate of drug-likeness (QED) is 0.370. The average molecular weight is 385 g/mol. The molecule has 1 N–H and O–H groups in total. The number of hydrogen-bond donors (Lipinski definition) is 1. The van der Waals surface area contributed by atoms with Crippen molar-refractivity contribution in [1.82, 2.24) is 5.43 Å². The standard InChI is InChI=1S/C24H17ClN2O/c25-19-11-9-17(10-12-19)22-14-26-27-23(22)24(28)18-8-7-16-6-5-15-3-1-2-4-20(15)21(16)13-18/h1-13,22,26H,14H2/t22-/m1/s1. The summed E-state index contributed by atoms with van der Waals surface area (Å²) in [6.07, 6.45) is 0. The van der Waals surface area contributed by atoms with Crippen molar-refractivity contribution in [3.05, 3.63) is 95.0 Å². The Balaban J connectivity index is 1.56. The Bertz CT molecular complexity index is 1240. The van der Waals surface area contributed by atoms with Gasteiger partial charge in [0.05, 0.1) is 5.92 Å². The van der Waals surface area contributed by atoms with E-state index in [0.717, 1.165) is 21.7 Å². The van der Waals surface area contributed by atoms with Crippen molar-refractivity contribution in [2.75, 3.05) is 6.54 Å². The van der Waals surface area contributed by atoms with Gasteiger partial charge >= 0.3 is 0 Å². The van der Waals surface area contributed by atoms with Crippen molar-refractivity contribution in [3.8, 4) is 0 Å². The van der Waals surface area contributed by atoms with Crippen LogP contribution >= 0.6 is 11.6 Å². The number of Topliss-reactive ketones (excluding diaryl/α,β-unsaturated/α-hetero) is 1. The first-order valence-corrected chi connectivity index (χ1v) is 9.60. The molecule has 0 aromatic heterocycles. The first-order valence-electron chi connectivity index (χ1n) is 9.23. The zero-order chi connectivity index (χ0) is 19.1. The topological polar surface area (TPSA) is 41.5 Å². The molecule has 28 heavy (non-hydrogen) atoms. The monoisotopic (exact) mass is 384 g/mol. The molecule has 4 heteroatoms. The summed E-state index contributed by atoms with van der Waals surface area (Å²) >= 11 is 6.00. The molecular formula is C24H17ClN2O. The Morgan fingerprint density at radius 2 is 1.61 bits per heavy atom. The molecule has 3 nitrogen and oxygen atoms in total. The fourth-order valence-electron chi connectivity index (χ4n) is 3.87. The SMILES string of the molecule is O=C(C1=NNC[C@@H]1c1ccc(Cl)cc1)c1ccc2ccc3ccccc3c2c1. The van der Waals surface area contributed by atoms with Crippen LogP contribution in [0, 0.1) is 0 Å². The van der Waals surface area contributed by atoms with Crippen LogP contribution in [0.1, 0.15) is 21.8 Å². The van der Waals surface area contributed by atoms with Crippen LogP contribution in [0.25, 0.3) is 21.5 Å². The molecule has 0 spiro atoms. The third-order valence-electron chi connectivity index (χ3n) is 5.34. The van der Waals surface area contributed by atoms with E-state index in [1.807, 2.05) is 54.6 Å². The van der Waals surface area contributed by atoms with Gasteiger partial charge in [0, 0.05) is 17.1 Å². The van der Waals surface area contributed by atoms with Gasteiger partial charge in [-0.3, -0.25) is 4.79 Å².